The second kappa shape index (κ2) is 9.03. The minimum absolute atomic E-state index is 0.0807. The Morgan fingerprint density at radius 3 is 2.74 bits per heavy atom. The van der Waals surface area contributed by atoms with Gasteiger partial charge in [0.25, 0.3) is 5.91 Å². The van der Waals surface area contributed by atoms with Crippen molar-refractivity contribution >= 4 is 22.8 Å². The van der Waals surface area contributed by atoms with Crippen LogP contribution in [0.5, 0.6) is 0 Å². The van der Waals surface area contributed by atoms with Gasteiger partial charge in [-0.3, -0.25) is 9.59 Å². The summed E-state index contributed by atoms with van der Waals surface area (Å²) in [7, 11) is 0. The first-order valence-electron chi connectivity index (χ1n) is 9.05. The van der Waals surface area contributed by atoms with Gasteiger partial charge in [-0.2, -0.15) is 0 Å². The summed E-state index contributed by atoms with van der Waals surface area (Å²) < 4.78 is 10.5. The average Bonchev–Trinajstić information content (AvgIpc) is 3.06. The molecule has 2 aromatic carbocycles. The number of carbonyl (C=O) groups excluding carboxylic acids is 2. The fourth-order valence-corrected chi connectivity index (χ4v) is 2.90. The van der Waals surface area contributed by atoms with Crippen LogP contribution >= 0.6 is 0 Å². The molecule has 1 heterocycles. The summed E-state index contributed by atoms with van der Waals surface area (Å²) >= 11 is 0. The van der Waals surface area contributed by atoms with Gasteiger partial charge in [0.05, 0.1) is 12.7 Å². The van der Waals surface area contributed by atoms with Crippen molar-refractivity contribution in [3.63, 3.8) is 0 Å². The lowest BCUT2D eigenvalue weighted by Gasteiger charge is -2.06. The first kappa shape index (κ1) is 18.7. The van der Waals surface area contributed by atoms with E-state index in [1.807, 2.05) is 43.3 Å². The van der Waals surface area contributed by atoms with Crippen LogP contribution in [0.4, 0.5) is 0 Å². The molecule has 1 amide bonds. The highest BCUT2D eigenvalue weighted by atomic mass is 16.5. The number of amides is 1. The summed E-state index contributed by atoms with van der Waals surface area (Å²) in [5, 5.41) is 3.66. The van der Waals surface area contributed by atoms with Crippen molar-refractivity contribution in [1.29, 1.82) is 0 Å². The monoisotopic (exact) mass is 365 g/mol. The molecule has 0 aliphatic heterocycles. The molecule has 0 atom stereocenters. The number of esters is 1. The zero-order chi connectivity index (χ0) is 19.1. The molecule has 140 valence electrons. The maximum atomic E-state index is 12.0. The standard InChI is InChI=1S/C22H23NO4/c1-16-9-10-19-18(14-26-20(19)12-16)13-22(25)27-15-21(24)23-11-5-8-17-6-3-2-4-7-17/h2-4,6-7,9-10,12,14H,5,8,11,13,15H2,1H3,(H,23,24). The summed E-state index contributed by atoms with van der Waals surface area (Å²) in [6, 6.07) is 15.9. The Balaban J connectivity index is 1.37. The molecule has 27 heavy (non-hydrogen) atoms. The lowest BCUT2D eigenvalue weighted by atomic mass is 10.1. The van der Waals surface area contributed by atoms with Crippen molar-refractivity contribution < 1.29 is 18.7 Å². The highest BCUT2D eigenvalue weighted by Gasteiger charge is 2.13. The van der Waals surface area contributed by atoms with Crippen LogP contribution in [0, 0.1) is 6.92 Å². The first-order chi connectivity index (χ1) is 13.1. The number of nitrogens with one attached hydrogen (secondary N) is 1. The van der Waals surface area contributed by atoms with Gasteiger partial charge in [-0.1, -0.05) is 42.5 Å². The van der Waals surface area contributed by atoms with E-state index in [0.29, 0.717) is 6.54 Å². The quantitative estimate of drug-likeness (QED) is 0.489. The Bertz CT molecular complexity index is 914. The molecule has 1 aromatic heterocycles. The molecule has 0 saturated heterocycles. The van der Waals surface area contributed by atoms with Gasteiger partial charge in [-0.25, -0.2) is 0 Å². The molecule has 0 aliphatic rings. The van der Waals surface area contributed by atoms with Crippen molar-refractivity contribution in [2.45, 2.75) is 26.2 Å². The number of hydrogen-bond acceptors (Lipinski definition) is 4. The summed E-state index contributed by atoms with van der Waals surface area (Å²) in [6.45, 7) is 2.27. The molecular weight excluding hydrogens is 342 g/mol. The van der Waals surface area contributed by atoms with E-state index in [0.717, 1.165) is 34.9 Å². The van der Waals surface area contributed by atoms with Crippen molar-refractivity contribution in [2.24, 2.45) is 0 Å². The Hall–Kier alpha value is -3.08. The zero-order valence-corrected chi connectivity index (χ0v) is 15.4. The Morgan fingerprint density at radius 2 is 1.93 bits per heavy atom. The molecule has 0 bridgehead atoms. The minimum atomic E-state index is -0.447. The topological polar surface area (TPSA) is 68.5 Å². The molecule has 0 radical (unpaired) electrons. The van der Waals surface area contributed by atoms with Gasteiger partial charge in [-0.05, 0) is 37.0 Å². The van der Waals surface area contributed by atoms with Gasteiger partial charge in [-0.15, -0.1) is 0 Å². The number of ether oxygens (including phenoxy) is 1. The smallest absolute Gasteiger partial charge is 0.310 e. The van der Waals surface area contributed by atoms with Crippen LogP contribution in [-0.4, -0.2) is 25.0 Å². The SMILES string of the molecule is Cc1ccc2c(CC(=O)OCC(=O)NCCCc3ccccc3)coc2c1. The fraction of sp³-hybridized carbons (Fsp3) is 0.273. The maximum Gasteiger partial charge on any atom is 0.310 e. The van der Waals surface area contributed by atoms with Gasteiger partial charge >= 0.3 is 5.97 Å². The van der Waals surface area contributed by atoms with Crippen LogP contribution in [0.2, 0.25) is 0 Å². The maximum absolute atomic E-state index is 12.0. The van der Waals surface area contributed by atoms with Crippen LogP contribution in [0.15, 0.2) is 59.2 Å². The number of fused-ring (bicyclic) bond motifs is 1. The van der Waals surface area contributed by atoms with Crippen LogP contribution in [0.25, 0.3) is 11.0 Å². The average molecular weight is 365 g/mol. The third-order valence-electron chi connectivity index (χ3n) is 4.32. The van der Waals surface area contributed by atoms with Crippen LogP contribution < -0.4 is 5.32 Å². The van der Waals surface area contributed by atoms with E-state index >= 15 is 0 Å². The van der Waals surface area contributed by atoms with Gasteiger partial charge in [0, 0.05) is 17.5 Å². The summed E-state index contributed by atoms with van der Waals surface area (Å²) in [4.78, 5) is 23.8. The van der Waals surface area contributed by atoms with E-state index in [-0.39, 0.29) is 18.9 Å². The molecule has 0 fully saturated rings. The zero-order valence-electron chi connectivity index (χ0n) is 15.4. The van der Waals surface area contributed by atoms with E-state index in [9.17, 15) is 9.59 Å². The third kappa shape index (κ3) is 5.45. The van der Waals surface area contributed by atoms with Crippen LogP contribution in [0.3, 0.4) is 0 Å². The van der Waals surface area contributed by atoms with Crippen molar-refractivity contribution in [3.05, 3.63) is 71.5 Å². The first-order valence-corrected chi connectivity index (χ1v) is 9.05. The summed E-state index contributed by atoms with van der Waals surface area (Å²) in [5.41, 5.74) is 3.84. The van der Waals surface area contributed by atoms with Gasteiger partial charge in [0.2, 0.25) is 0 Å². The highest BCUT2D eigenvalue weighted by Crippen LogP contribution is 2.22. The number of benzene rings is 2. The Morgan fingerprint density at radius 1 is 1.11 bits per heavy atom. The molecular formula is C22H23NO4. The summed E-state index contributed by atoms with van der Waals surface area (Å²) in [5.74, 6) is -0.734. The predicted octanol–water partition coefficient (Wildman–Crippen LogP) is 3.58. The predicted molar refractivity (Wildman–Crippen MR) is 103 cm³/mol. The van der Waals surface area contributed by atoms with Crippen LogP contribution in [-0.2, 0) is 27.2 Å². The molecule has 0 unspecified atom stereocenters. The van der Waals surface area contributed by atoms with E-state index in [2.05, 4.69) is 17.4 Å². The van der Waals surface area contributed by atoms with E-state index < -0.39 is 5.97 Å². The van der Waals surface area contributed by atoms with Crippen LogP contribution in [0.1, 0.15) is 23.1 Å². The largest absolute Gasteiger partial charge is 0.464 e. The van der Waals surface area contributed by atoms with Crippen molar-refractivity contribution in [2.75, 3.05) is 13.2 Å². The molecule has 1 N–H and O–H groups in total. The van der Waals surface area contributed by atoms with Crippen molar-refractivity contribution in [3.8, 4) is 0 Å². The second-order valence-electron chi connectivity index (χ2n) is 6.54. The Kier molecular flexibility index (Phi) is 6.26. The number of aryl methyl sites for hydroxylation is 2. The fourth-order valence-electron chi connectivity index (χ4n) is 2.90. The highest BCUT2D eigenvalue weighted by molar-refractivity contribution is 5.87. The number of hydrogen-bond donors (Lipinski definition) is 1. The van der Waals surface area contributed by atoms with E-state index in [1.165, 1.54) is 5.56 Å². The normalized spacial score (nSPS) is 10.7. The number of furan rings is 1. The number of carbonyl (C=O) groups is 2. The van der Waals surface area contributed by atoms with E-state index in [1.54, 1.807) is 6.26 Å². The second-order valence-corrected chi connectivity index (χ2v) is 6.54. The summed E-state index contributed by atoms with van der Waals surface area (Å²) in [6.07, 6.45) is 3.38. The van der Waals surface area contributed by atoms with Gasteiger partial charge in [0.1, 0.15) is 5.58 Å². The molecule has 0 saturated carbocycles. The number of rotatable bonds is 8. The lowest BCUT2D eigenvalue weighted by molar-refractivity contribution is -0.147. The Labute approximate surface area is 158 Å². The third-order valence-corrected chi connectivity index (χ3v) is 4.32. The minimum Gasteiger partial charge on any atom is -0.464 e. The van der Waals surface area contributed by atoms with Gasteiger partial charge < -0.3 is 14.5 Å². The molecule has 0 aliphatic carbocycles. The molecule has 3 aromatic rings. The van der Waals surface area contributed by atoms with Gasteiger partial charge in [0.15, 0.2) is 6.61 Å². The molecule has 0 spiro atoms. The lowest BCUT2D eigenvalue weighted by Crippen LogP contribution is -2.30. The van der Waals surface area contributed by atoms with E-state index in [4.69, 9.17) is 9.15 Å². The molecule has 3 rings (SSSR count). The molecule has 5 heteroatoms. The van der Waals surface area contributed by atoms with Crippen molar-refractivity contribution in [1.82, 2.24) is 5.32 Å². The molecule has 5 nitrogen and oxygen atoms in total.